The molecule has 1 heterocycles. The molecule has 1 amide bonds. The molecule has 6 heteroatoms. The van der Waals surface area contributed by atoms with Gasteiger partial charge in [-0.1, -0.05) is 47.7 Å². The van der Waals surface area contributed by atoms with E-state index in [0.29, 0.717) is 25.7 Å². The van der Waals surface area contributed by atoms with Gasteiger partial charge in [0.05, 0.1) is 4.91 Å². The van der Waals surface area contributed by atoms with Crippen molar-refractivity contribution in [2.75, 3.05) is 0 Å². The van der Waals surface area contributed by atoms with E-state index in [0.717, 1.165) is 5.56 Å². The Bertz CT molecular complexity index is 772. The van der Waals surface area contributed by atoms with Crippen molar-refractivity contribution in [3.63, 3.8) is 0 Å². The highest BCUT2D eigenvalue weighted by Gasteiger charge is 2.21. The summed E-state index contributed by atoms with van der Waals surface area (Å²) >= 11 is 12.1. The zero-order valence-corrected chi connectivity index (χ0v) is 13.6. The van der Waals surface area contributed by atoms with E-state index in [4.69, 9.17) is 28.6 Å². The van der Waals surface area contributed by atoms with Crippen LogP contribution in [0.5, 0.6) is 11.5 Å². The Balaban J connectivity index is 1.81. The van der Waals surface area contributed by atoms with Gasteiger partial charge in [0, 0.05) is 5.02 Å². The number of amides is 1. The van der Waals surface area contributed by atoms with Gasteiger partial charge in [-0.15, -0.1) is 0 Å². The standard InChI is InChI=1S/C16H10ClNO2S2/c17-11-4-6-12(7-5-11)20-13-3-1-2-10(8-13)9-14-15(19)18-16(21)22-14/h1-9H,(H,18,19,21)/b14-9+. The molecule has 0 aliphatic carbocycles. The SMILES string of the molecule is O=C1NC(=S)S/C1=C/c1cccc(Oc2ccc(Cl)cc2)c1. The predicted molar refractivity (Wildman–Crippen MR) is 94.3 cm³/mol. The lowest BCUT2D eigenvalue weighted by Crippen LogP contribution is -2.17. The average Bonchev–Trinajstić information content (AvgIpc) is 2.80. The van der Waals surface area contributed by atoms with Gasteiger partial charge in [0.1, 0.15) is 15.8 Å². The first-order valence-corrected chi connectivity index (χ1v) is 7.99. The number of hydrogen-bond donors (Lipinski definition) is 1. The molecule has 1 aliphatic rings. The molecule has 2 aromatic carbocycles. The van der Waals surface area contributed by atoms with Crippen molar-refractivity contribution in [3.05, 3.63) is 64.0 Å². The molecule has 22 heavy (non-hydrogen) atoms. The zero-order valence-electron chi connectivity index (χ0n) is 11.2. The van der Waals surface area contributed by atoms with Gasteiger partial charge in [-0.3, -0.25) is 4.79 Å². The molecule has 1 saturated heterocycles. The Morgan fingerprint density at radius 2 is 1.91 bits per heavy atom. The summed E-state index contributed by atoms with van der Waals surface area (Å²) in [6, 6.07) is 14.6. The van der Waals surface area contributed by atoms with Crippen molar-refractivity contribution in [2.24, 2.45) is 0 Å². The first-order valence-electron chi connectivity index (χ1n) is 6.38. The quantitative estimate of drug-likeness (QED) is 0.649. The minimum atomic E-state index is -0.168. The Morgan fingerprint density at radius 1 is 1.14 bits per heavy atom. The minimum absolute atomic E-state index is 0.168. The number of hydrogen-bond acceptors (Lipinski definition) is 4. The van der Waals surface area contributed by atoms with Crippen LogP contribution in [0.4, 0.5) is 0 Å². The summed E-state index contributed by atoms with van der Waals surface area (Å²) in [7, 11) is 0. The molecular weight excluding hydrogens is 338 g/mol. The number of nitrogens with one attached hydrogen (secondary N) is 1. The van der Waals surface area contributed by atoms with E-state index < -0.39 is 0 Å². The highest BCUT2D eigenvalue weighted by Crippen LogP contribution is 2.28. The van der Waals surface area contributed by atoms with Crippen LogP contribution in [0, 0.1) is 0 Å². The van der Waals surface area contributed by atoms with Gasteiger partial charge in [-0.2, -0.15) is 0 Å². The van der Waals surface area contributed by atoms with Crippen LogP contribution < -0.4 is 10.1 Å². The normalized spacial score (nSPS) is 16.0. The number of rotatable bonds is 3. The summed E-state index contributed by atoms with van der Waals surface area (Å²) in [6.45, 7) is 0. The molecule has 0 unspecified atom stereocenters. The molecular formula is C16H10ClNO2S2. The van der Waals surface area contributed by atoms with Gasteiger partial charge >= 0.3 is 0 Å². The lowest BCUT2D eigenvalue weighted by molar-refractivity contribution is -0.115. The summed E-state index contributed by atoms with van der Waals surface area (Å²) in [5.41, 5.74) is 0.869. The molecule has 0 aromatic heterocycles. The molecule has 3 nitrogen and oxygen atoms in total. The molecule has 0 radical (unpaired) electrons. The van der Waals surface area contributed by atoms with Crippen LogP contribution in [0.15, 0.2) is 53.4 Å². The number of carbonyl (C=O) groups is 1. The number of ether oxygens (including phenoxy) is 1. The number of thioether (sulfide) groups is 1. The fraction of sp³-hybridized carbons (Fsp3) is 0. The first-order chi connectivity index (χ1) is 10.6. The van der Waals surface area contributed by atoms with E-state index >= 15 is 0 Å². The number of halogens is 1. The monoisotopic (exact) mass is 347 g/mol. The maximum absolute atomic E-state index is 11.7. The van der Waals surface area contributed by atoms with E-state index in [1.165, 1.54) is 11.8 Å². The van der Waals surface area contributed by atoms with Crippen molar-refractivity contribution in [1.82, 2.24) is 5.32 Å². The molecule has 0 spiro atoms. The Labute approximate surface area is 142 Å². The molecule has 1 fully saturated rings. The predicted octanol–water partition coefficient (Wildman–Crippen LogP) is 4.62. The third kappa shape index (κ3) is 3.68. The van der Waals surface area contributed by atoms with Crippen LogP contribution >= 0.6 is 35.6 Å². The third-order valence-corrected chi connectivity index (χ3v) is 4.26. The minimum Gasteiger partial charge on any atom is -0.457 e. The molecule has 0 atom stereocenters. The first kappa shape index (κ1) is 15.1. The fourth-order valence-corrected chi connectivity index (χ4v) is 3.05. The van der Waals surface area contributed by atoms with Gasteiger partial charge in [0.2, 0.25) is 0 Å². The van der Waals surface area contributed by atoms with E-state index in [2.05, 4.69) is 5.32 Å². The molecule has 2 aromatic rings. The maximum Gasteiger partial charge on any atom is 0.263 e. The second-order valence-corrected chi connectivity index (χ2v) is 6.64. The highest BCUT2D eigenvalue weighted by molar-refractivity contribution is 8.26. The van der Waals surface area contributed by atoms with E-state index in [9.17, 15) is 4.79 Å². The second kappa shape index (κ2) is 6.52. The molecule has 1 aliphatic heterocycles. The van der Waals surface area contributed by atoms with Crippen molar-refractivity contribution in [2.45, 2.75) is 0 Å². The fourth-order valence-electron chi connectivity index (χ4n) is 1.88. The van der Waals surface area contributed by atoms with Gasteiger partial charge in [0.25, 0.3) is 5.91 Å². The van der Waals surface area contributed by atoms with Crippen LogP contribution in [0.2, 0.25) is 5.02 Å². The summed E-state index contributed by atoms with van der Waals surface area (Å²) < 4.78 is 6.24. The Morgan fingerprint density at radius 3 is 2.59 bits per heavy atom. The second-order valence-electron chi connectivity index (χ2n) is 4.48. The average molecular weight is 348 g/mol. The zero-order chi connectivity index (χ0) is 15.5. The van der Waals surface area contributed by atoms with Crippen molar-refractivity contribution >= 4 is 51.9 Å². The van der Waals surface area contributed by atoms with Crippen LogP contribution in [0.25, 0.3) is 6.08 Å². The molecule has 3 rings (SSSR count). The maximum atomic E-state index is 11.7. The molecule has 0 saturated carbocycles. The number of carbonyl (C=O) groups excluding carboxylic acids is 1. The summed E-state index contributed by atoms with van der Waals surface area (Å²) in [6.07, 6.45) is 1.79. The van der Waals surface area contributed by atoms with Crippen LogP contribution in [-0.2, 0) is 4.79 Å². The van der Waals surface area contributed by atoms with E-state index in [1.54, 1.807) is 30.3 Å². The van der Waals surface area contributed by atoms with Crippen molar-refractivity contribution in [1.29, 1.82) is 0 Å². The van der Waals surface area contributed by atoms with E-state index in [-0.39, 0.29) is 5.91 Å². The van der Waals surface area contributed by atoms with Gasteiger partial charge < -0.3 is 10.1 Å². The van der Waals surface area contributed by atoms with Gasteiger partial charge in [0.15, 0.2) is 0 Å². The third-order valence-electron chi connectivity index (χ3n) is 2.85. The molecule has 1 N–H and O–H groups in total. The molecule has 0 bridgehead atoms. The number of benzene rings is 2. The van der Waals surface area contributed by atoms with Crippen molar-refractivity contribution in [3.8, 4) is 11.5 Å². The van der Waals surface area contributed by atoms with Crippen LogP contribution in [-0.4, -0.2) is 10.2 Å². The van der Waals surface area contributed by atoms with Gasteiger partial charge in [-0.05, 0) is 48.0 Å². The lowest BCUT2D eigenvalue weighted by atomic mass is 10.2. The van der Waals surface area contributed by atoms with Crippen molar-refractivity contribution < 1.29 is 9.53 Å². The Kier molecular flexibility index (Phi) is 4.47. The smallest absolute Gasteiger partial charge is 0.263 e. The van der Waals surface area contributed by atoms with Gasteiger partial charge in [-0.25, -0.2) is 0 Å². The summed E-state index contributed by atoms with van der Waals surface area (Å²) in [5, 5.41) is 3.25. The van der Waals surface area contributed by atoms with Crippen LogP contribution in [0.3, 0.4) is 0 Å². The van der Waals surface area contributed by atoms with Crippen LogP contribution in [0.1, 0.15) is 5.56 Å². The van der Waals surface area contributed by atoms with E-state index in [1.807, 2.05) is 24.3 Å². The largest absolute Gasteiger partial charge is 0.457 e. The lowest BCUT2D eigenvalue weighted by Gasteiger charge is -2.06. The number of thiocarbonyl (C=S) groups is 1. The highest BCUT2D eigenvalue weighted by atomic mass is 35.5. The topological polar surface area (TPSA) is 38.3 Å². The summed E-state index contributed by atoms with van der Waals surface area (Å²) in [4.78, 5) is 12.2. The molecule has 110 valence electrons. The summed E-state index contributed by atoms with van der Waals surface area (Å²) in [5.74, 6) is 1.21. The Hall–Kier alpha value is -1.82.